The molecule has 0 saturated carbocycles. The van der Waals surface area contributed by atoms with Crippen LogP contribution in [0.15, 0.2) is 29.4 Å². The van der Waals surface area contributed by atoms with Gasteiger partial charge in [-0.15, -0.1) is 5.10 Å². The highest BCUT2D eigenvalue weighted by atomic mass is 35.5. The predicted molar refractivity (Wildman–Crippen MR) is 50.9 cm³/mol. The fourth-order valence-electron chi connectivity index (χ4n) is 0.713. The Balaban J connectivity index is 2.71. The van der Waals surface area contributed by atoms with Crippen LogP contribution in [-0.4, -0.2) is 5.96 Å². The van der Waals surface area contributed by atoms with E-state index in [1.54, 1.807) is 24.3 Å². The van der Waals surface area contributed by atoms with Crippen LogP contribution in [0.3, 0.4) is 0 Å². The molecule has 5 N–H and O–H groups in total. The van der Waals surface area contributed by atoms with Gasteiger partial charge in [0.1, 0.15) is 0 Å². The number of guanidine groups is 1. The molecule has 0 aromatic heterocycles. The third-order valence-electron chi connectivity index (χ3n) is 1.26. The molecule has 0 atom stereocenters. The molecule has 5 heteroatoms. The Kier molecular flexibility index (Phi) is 2.76. The van der Waals surface area contributed by atoms with Crippen molar-refractivity contribution in [2.24, 2.45) is 16.7 Å². The molecule has 0 heterocycles. The SMILES string of the molecule is N/N=C(\N)Nc1ccc(Cl)cc1. The van der Waals surface area contributed by atoms with Crippen molar-refractivity contribution in [1.29, 1.82) is 0 Å². The van der Waals surface area contributed by atoms with Crippen molar-refractivity contribution < 1.29 is 0 Å². The van der Waals surface area contributed by atoms with Crippen LogP contribution in [0.25, 0.3) is 0 Å². The fraction of sp³-hybridized carbons (Fsp3) is 0. The van der Waals surface area contributed by atoms with E-state index in [1.807, 2.05) is 0 Å². The van der Waals surface area contributed by atoms with Gasteiger partial charge in [-0.05, 0) is 24.3 Å². The normalized spacial score (nSPS) is 11.2. The molecule has 0 bridgehead atoms. The number of hydrazone groups is 1. The van der Waals surface area contributed by atoms with Crippen molar-refractivity contribution in [3.63, 3.8) is 0 Å². The third-order valence-corrected chi connectivity index (χ3v) is 1.51. The van der Waals surface area contributed by atoms with Crippen molar-refractivity contribution in [1.82, 2.24) is 0 Å². The van der Waals surface area contributed by atoms with E-state index >= 15 is 0 Å². The largest absolute Gasteiger partial charge is 0.368 e. The van der Waals surface area contributed by atoms with Gasteiger partial charge in [-0.1, -0.05) is 11.6 Å². The van der Waals surface area contributed by atoms with Gasteiger partial charge in [0.2, 0.25) is 5.96 Å². The smallest absolute Gasteiger partial charge is 0.215 e. The van der Waals surface area contributed by atoms with Gasteiger partial charge in [-0.3, -0.25) is 0 Å². The molecule has 1 aromatic carbocycles. The first kappa shape index (κ1) is 8.67. The highest BCUT2D eigenvalue weighted by Crippen LogP contribution is 2.12. The van der Waals surface area contributed by atoms with E-state index in [0.717, 1.165) is 5.69 Å². The molecule has 0 amide bonds. The highest BCUT2D eigenvalue weighted by molar-refractivity contribution is 6.30. The number of nitrogens with zero attached hydrogens (tertiary/aromatic N) is 1. The second kappa shape index (κ2) is 3.82. The van der Waals surface area contributed by atoms with Gasteiger partial charge < -0.3 is 16.9 Å². The minimum Gasteiger partial charge on any atom is -0.368 e. The Morgan fingerprint density at radius 1 is 1.33 bits per heavy atom. The zero-order valence-electron chi connectivity index (χ0n) is 6.29. The lowest BCUT2D eigenvalue weighted by atomic mass is 10.3. The summed E-state index contributed by atoms with van der Waals surface area (Å²) in [5.41, 5.74) is 6.12. The van der Waals surface area contributed by atoms with Gasteiger partial charge in [0.25, 0.3) is 0 Å². The number of halogens is 1. The first-order valence-corrected chi connectivity index (χ1v) is 3.66. The predicted octanol–water partition coefficient (Wildman–Crippen LogP) is 0.940. The van der Waals surface area contributed by atoms with Crippen LogP contribution in [0.2, 0.25) is 5.02 Å². The van der Waals surface area contributed by atoms with Crippen LogP contribution in [0.4, 0.5) is 5.69 Å². The number of rotatable bonds is 1. The molecular weight excluding hydrogens is 176 g/mol. The Labute approximate surface area is 75.2 Å². The monoisotopic (exact) mass is 184 g/mol. The summed E-state index contributed by atoms with van der Waals surface area (Å²) in [5.74, 6) is 5.09. The number of benzene rings is 1. The van der Waals surface area contributed by atoms with E-state index in [4.69, 9.17) is 23.2 Å². The van der Waals surface area contributed by atoms with Gasteiger partial charge in [-0.2, -0.15) is 0 Å². The zero-order valence-corrected chi connectivity index (χ0v) is 7.05. The van der Waals surface area contributed by atoms with E-state index in [2.05, 4.69) is 10.4 Å². The van der Waals surface area contributed by atoms with Crippen LogP contribution in [0.5, 0.6) is 0 Å². The van der Waals surface area contributed by atoms with E-state index in [1.165, 1.54) is 0 Å². The maximum absolute atomic E-state index is 5.67. The average molecular weight is 185 g/mol. The summed E-state index contributed by atoms with van der Waals surface area (Å²) in [5, 5.41) is 6.69. The van der Waals surface area contributed by atoms with Gasteiger partial charge >= 0.3 is 0 Å². The van der Waals surface area contributed by atoms with Gasteiger partial charge in [0.15, 0.2) is 0 Å². The molecule has 12 heavy (non-hydrogen) atoms. The first-order chi connectivity index (χ1) is 5.72. The summed E-state index contributed by atoms with van der Waals surface area (Å²) in [6.07, 6.45) is 0. The van der Waals surface area contributed by atoms with Crippen LogP contribution in [0, 0.1) is 0 Å². The van der Waals surface area contributed by atoms with Crippen molar-refractivity contribution in [3.05, 3.63) is 29.3 Å². The Bertz CT molecular complexity index is 280. The summed E-state index contributed by atoms with van der Waals surface area (Å²) in [6, 6.07) is 7.04. The maximum atomic E-state index is 5.67. The molecule has 1 aromatic rings. The van der Waals surface area contributed by atoms with Crippen molar-refractivity contribution in [3.8, 4) is 0 Å². The second-order valence-electron chi connectivity index (χ2n) is 2.15. The van der Waals surface area contributed by atoms with E-state index in [-0.39, 0.29) is 5.96 Å². The minimum absolute atomic E-state index is 0.164. The highest BCUT2D eigenvalue weighted by Gasteiger charge is 1.92. The van der Waals surface area contributed by atoms with E-state index < -0.39 is 0 Å². The first-order valence-electron chi connectivity index (χ1n) is 3.28. The summed E-state index contributed by atoms with van der Waals surface area (Å²) >= 11 is 5.67. The summed E-state index contributed by atoms with van der Waals surface area (Å²) in [6.45, 7) is 0. The van der Waals surface area contributed by atoms with Crippen molar-refractivity contribution >= 4 is 23.2 Å². The van der Waals surface area contributed by atoms with Crippen molar-refractivity contribution in [2.75, 3.05) is 5.32 Å². The van der Waals surface area contributed by atoms with Crippen LogP contribution < -0.4 is 16.9 Å². The number of nitrogens with one attached hydrogen (secondary N) is 1. The molecule has 64 valence electrons. The lowest BCUT2D eigenvalue weighted by molar-refractivity contribution is 1.22. The molecule has 4 nitrogen and oxygen atoms in total. The molecule has 0 radical (unpaired) electrons. The van der Waals surface area contributed by atoms with Crippen LogP contribution in [0.1, 0.15) is 0 Å². The third kappa shape index (κ3) is 2.32. The van der Waals surface area contributed by atoms with E-state index in [9.17, 15) is 0 Å². The molecule has 0 unspecified atom stereocenters. The quantitative estimate of drug-likeness (QED) is 0.263. The Hall–Kier alpha value is -1.42. The molecule has 0 fully saturated rings. The summed E-state index contributed by atoms with van der Waals surface area (Å²) < 4.78 is 0. The van der Waals surface area contributed by atoms with Gasteiger partial charge in [-0.25, -0.2) is 0 Å². The number of hydrogen-bond donors (Lipinski definition) is 3. The van der Waals surface area contributed by atoms with Crippen molar-refractivity contribution in [2.45, 2.75) is 0 Å². The summed E-state index contributed by atoms with van der Waals surface area (Å²) in [7, 11) is 0. The van der Waals surface area contributed by atoms with Crippen LogP contribution in [-0.2, 0) is 0 Å². The standard InChI is InChI=1S/C7H9ClN4/c8-5-1-3-6(4-2-5)11-7(9)12-10/h1-4H,10H2,(H3,9,11,12). The Morgan fingerprint density at radius 3 is 2.42 bits per heavy atom. The lowest BCUT2D eigenvalue weighted by Gasteiger charge is -2.02. The molecule has 0 spiro atoms. The Morgan fingerprint density at radius 2 is 1.92 bits per heavy atom. The number of anilines is 1. The molecule has 0 aliphatic rings. The van der Waals surface area contributed by atoms with Gasteiger partial charge in [0, 0.05) is 10.7 Å². The maximum Gasteiger partial charge on any atom is 0.215 e. The van der Waals surface area contributed by atoms with E-state index in [0.29, 0.717) is 5.02 Å². The molecule has 0 aliphatic carbocycles. The fourth-order valence-corrected chi connectivity index (χ4v) is 0.839. The zero-order chi connectivity index (χ0) is 8.97. The molecular formula is C7H9ClN4. The molecule has 0 saturated heterocycles. The molecule has 1 rings (SSSR count). The number of nitrogens with two attached hydrogens (primary N) is 2. The summed E-state index contributed by atoms with van der Waals surface area (Å²) in [4.78, 5) is 0. The lowest BCUT2D eigenvalue weighted by Crippen LogP contribution is -2.23. The van der Waals surface area contributed by atoms with Gasteiger partial charge in [0.05, 0.1) is 0 Å². The second-order valence-corrected chi connectivity index (χ2v) is 2.58. The number of hydrogen-bond acceptors (Lipinski definition) is 2. The molecule has 0 aliphatic heterocycles. The minimum atomic E-state index is 0.164. The van der Waals surface area contributed by atoms with Crippen LogP contribution >= 0.6 is 11.6 Å². The average Bonchev–Trinajstić information content (AvgIpc) is 2.09. The topological polar surface area (TPSA) is 76.4 Å².